The molecule has 1 amide bonds. The van der Waals surface area contributed by atoms with Crippen molar-refractivity contribution in [3.05, 3.63) is 0 Å². The predicted octanol–water partition coefficient (Wildman–Crippen LogP) is 1.87. The van der Waals surface area contributed by atoms with E-state index in [-0.39, 0.29) is 0 Å². The minimum Gasteiger partial charge on any atom is -0.341 e. The number of hydrogen-bond acceptors (Lipinski definition) is 2. The van der Waals surface area contributed by atoms with Gasteiger partial charge >= 0.3 is 0 Å². The minimum absolute atomic E-state index is 0.363. The summed E-state index contributed by atoms with van der Waals surface area (Å²) in [7, 11) is 0. The van der Waals surface area contributed by atoms with Crippen LogP contribution >= 0.6 is 0 Å². The number of piperidine rings is 1. The van der Waals surface area contributed by atoms with Gasteiger partial charge in [0.05, 0.1) is 0 Å². The lowest BCUT2D eigenvalue weighted by molar-refractivity contribution is -0.130. The fourth-order valence-corrected chi connectivity index (χ4v) is 2.92. The first-order valence-corrected chi connectivity index (χ1v) is 6.83. The van der Waals surface area contributed by atoms with Crippen LogP contribution in [-0.4, -0.2) is 47.9 Å². The van der Waals surface area contributed by atoms with Crippen LogP contribution < -0.4 is 0 Å². The number of carbonyl (C=O) groups excluding carboxylic acids is 1. The zero-order valence-electron chi connectivity index (χ0n) is 10.5. The van der Waals surface area contributed by atoms with Crippen LogP contribution in [0.1, 0.15) is 45.4 Å². The Morgan fingerprint density at radius 2 is 1.94 bits per heavy atom. The average molecular weight is 224 g/mol. The van der Waals surface area contributed by atoms with Gasteiger partial charge in [0.25, 0.3) is 0 Å². The quantitative estimate of drug-likeness (QED) is 0.730. The zero-order valence-corrected chi connectivity index (χ0v) is 10.5. The summed E-state index contributed by atoms with van der Waals surface area (Å²) in [6, 6.07) is 0.654. The Balaban J connectivity index is 1.80. The molecule has 2 aliphatic rings. The van der Waals surface area contributed by atoms with Crippen molar-refractivity contribution in [2.24, 2.45) is 0 Å². The van der Waals surface area contributed by atoms with Gasteiger partial charge in [0, 0.05) is 25.6 Å². The standard InChI is InChI=1S/C13H24N2O/c1-2-6-13(16)15-10-7-12(11-15)14-8-4-3-5-9-14/h12H,2-11H2,1H3. The smallest absolute Gasteiger partial charge is 0.222 e. The molecule has 1 atom stereocenters. The average Bonchev–Trinajstić information content (AvgIpc) is 2.80. The van der Waals surface area contributed by atoms with Crippen molar-refractivity contribution in [2.45, 2.75) is 51.5 Å². The van der Waals surface area contributed by atoms with Crippen molar-refractivity contribution in [1.82, 2.24) is 9.80 Å². The van der Waals surface area contributed by atoms with Crippen LogP contribution in [0.25, 0.3) is 0 Å². The summed E-state index contributed by atoms with van der Waals surface area (Å²) in [5, 5.41) is 0. The third-order valence-corrected chi connectivity index (χ3v) is 3.89. The molecule has 2 aliphatic heterocycles. The van der Waals surface area contributed by atoms with Crippen molar-refractivity contribution in [3.8, 4) is 0 Å². The van der Waals surface area contributed by atoms with E-state index >= 15 is 0 Å². The number of hydrogen-bond donors (Lipinski definition) is 0. The maximum Gasteiger partial charge on any atom is 0.222 e. The third-order valence-electron chi connectivity index (χ3n) is 3.89. The maximum atomic E-state index is 11.8. The number of carbonyl (C=O) groups is 1. The molecular weight excluding hydrogens is 200 g/mol. The fraction of sp³-hybridized carbons (Fsp3) is 0.923. The van der Waals surface area contributed by atoms with Crippen LogP contribution in [0.3, 0.4) is 0 Å². The number of rotatable bonds is 3. The molecule has 0 saturated carbocycles. The van der Waals surface area contributed by atoms with Crippen molar-refractivity contribution < 1.29 is 4.79 Å². The molecule has 0 radical (unpaired) electrons. The summed E-state index contributed by atoms with van der Waals surface area (Å²) in [5.74, 6) is 0.363. The molecule has 2 rings (SSSR count). The molecule has 0 bridgehead atoms. The number of nitrogens with zero attached hydrogens (tertiary/aromatic N) is 2. The van der Waals surface area contributed by atoms with Crippen LogP contribution in [0.15, 0.2) is 0 Å². The molecule has 0 aromatic carbocycles. The van der Waals surface area contributed by atoms with Crippen molar-refractivity contribution >= 4 is 5.91 Å². The lowest BCUT2D eigenvalue weighted by atomic mass is 10.1. The van der Waals surface area contributed by atoms with Crippen LogP contribution in [-0.2, 0) is 4.79 Å². The summed E-state index contributed by atoms with van der Waals surface area (Å²) in [4.78, 5) is 16.5. The van der Waals surface area contributed by atoms with Gasteiger partial charge in [0.15, 0.2) is 0 Å². The Labute approximate surface area is 98.8 Å². The van der Waals surface area contributed by atoms with Crippen molar-refractivity contribution in [2.75, 3.05) is 26.2 Å². The highest BCUT2D eigenvalue weighted by atomic mass is 16.2. The second-order valence-corrected chi connectivity index (χ2v) is 5.13. The summed E-state index contributed by atoms with van der Waals surface area (Å²) in [6.45, 7) is 6.55. The maximum absolute atomic E-state index is 11.8. The van der Waals surface area contributed by atoms with E-state index in [1.54, 1.807) is 0 Å². The van der Waals surface area contributed by atoms with Gasteiger partial charge in [-0.1, -0.05) is 13.3 Å². The number of amides is 1. The molecule has 2 saturated heterocycles. The van der Waals surface area contributed by atoms with E-state index in [1.165, 1.54) is 38.8 Å². The van der Waals surface area contributed by atoms with E-state index in [2.05, 4.69) is 16.7 Å². The lowest BCUT2D eigenvalue weighted by Crippen LogP contribution is -2.41. The second kappa shape index (κ2) is 5.67. The van der Waals surface area contributed by atoms with Crippen LogP contribution in [0.2, 0.25) is 0 Å². The van der Waals surface area contributed by atoms with Gasteiger partial charge < -0.3 is 4.90 Å². The van der Waals surface area contributed by atoms with E-state index in [0.717, 1.165) is 25.9 Å². The van der Waals surface area contributed by atoms with Gasteiger partial charge in [-0.15, -0.1) is 0 Å². The fourth-order valence-electron chi connectivity index (χ4n) is 2.92. The largest absolute Gasteiger partial charge is 0.341 e. The molecule has 2 fully saturated rings. The second-order valence-electron chi connectivity index (χ2n) is 5.13. The Kier molecular flexibility index (Phi) is 4.22. The Morgan fingerprint density at radius 1 is 1.19 bits per heavy atom. The summed E-state index contributed by atoms with van der Waals surface area (Å²) >= 11 is 0. The van der Waals surface area contributed by atoms with E-state index < -0.39 is 0 Å². The monoisotopic (exact) mass is 224 g/mol. The highest BCUT2D eigenvalue weighted by Crippen LogP contribution is 2.20. The van der Waals surface area contributed by atoms with E-state index in [9.17, 15) is 4.79 Å². The van der Waals surface area contributed by atoms with Gasteiger partial charge in [-0.25, -0.2) is 0 Å². The van der Waals surface area contributed by atoms with Crippen LogP contribution in [0.4, 0.5) is 0 Å². The third kappa shape index (κ3) is 2.76. The Bertz CT molecular complexity index is 236. The summed E-state index contributed by atoms with van der Waals surface area (Å²) in [6.07, 6.45) is 6.98. The summed E-state index contributed by atoms with van der Waals surface area (Å²) in [5.41, 5.74) is 0. The first kappa shape index (κ1) is 11.9. The molecule has 0 aromatic rings. The van der Waals surface area contributed by atoms with Gasteiger partial charge in [-0.05, 0) is 38.8 Å². The molecule has 3 heteroatoms. The van der Waals surface area contributed by atoms with E-state index in [1.807, 2.05) is 0 Å². The van der Waals surface area contributed by atoms with Crippen LogP contribution in [0, 0.1) is 0 Å². The lowest BCUT2D eigenvalue weighted by Gasteiger charge is -2.32. The van der Waals surface area contributed by atoms with E-state index in [4.69, 9.17) is 0 Å². The van der Waals surface area contributed by atoms with Crippen molar-refractivity contribution in [1.29, 1.82) is 0 Å². The molecule has 2 heterocycles. The molecule has 0 spiro atoms. The summed E-state index contributed by atoms with van der Waals surface area (Å²) < 4.78 is 0. The minimum atomic E-state index is 0.363. The molecule has 0 N–H and O–H groups in total. The highest BCUT2D eigenvalue weighted by molar-refractivity contribution is 5.76. The van der Waals surface area contributed by atoms with Gasteiger partial charge in [0.2, 0.25) is 5.91 Å². The SMILES string of the molecule is CCCC(=O)N1CCC(N2CCCCC2)C1. The Hall–Kier alpha value is -0.570. The molecular formula is C13H24N2O. The van der Waals surface area contributed by atoms with Crippen LogP contribution in [0.5, 0.6) is 0 Å². The topological polar surface area (TPSA) is 23.6 Å². The van der Waals surface area contributed by atoms with Crippen molar-refractivity contribution in [3.63, 3.8) is 0 Å². The normalized spacial score (nSPS) is 27.3. The van der Waals surface area contributed by atoms with Gasteiger partial charge in [-0.3, -0.25) is 9.69 Å². The van der Waals surface area contributed by atoms with Gasteiger partial charge in [0.1, 0.15) is 0 Å². The predicted molar refractivity (Wildman–Crippen MR) is 65.3 cm³/mol. The highest BCUT2D eigenvalue weighted by Gasteiger charge is 2.30. The molecule has 0 aromatic heterocycles. The zero-order chi connectivity index (χ0) is 11.4. The van der Waals surface area contributed by atoms with Gasteiger partial charge in [-0.2, -0.15) is 0 Å². The molecule has 1 unspecified atom stereocenters. The molecule has 0 aliphatic carbocycles. The molecule has 92 valence electrons. The molecule has 3 nitrogen and oxygen atoms in total. The van der Waals surface area contributed by atoms with E-state index in [0.29, 0.717) is 11.9 Å². The first-order valence-electron chi connectivity index (χ1n) is 6.83. The number of likely N-dealkylation sites (tertiary alicyclic amines) is 2. The Morgan fingerprint density at radius 3 is 2.62 bits per heavy atom. The first-order chi connectivity index (χ1) is 7.81. The molecule has 16 heavy (non-hydrogen) atoms.